The van der Waals surface area contributed by atoms with Gasteiger partial charge in [-0.2, -0.15) is 18.3 Å². The minimum absolute atomic E-state index is 0.0762. The standard InChI is InChI=1S/C22H18F3N3O2S2/c1-27(21(30)14-6-8-15(9-7-14)22(23,24)25)13-20(29)28-17(19-5-3-11-32-19)12-16(26-28)18-4-2-10-31-18/h2-11,17H,12-13H2,1H3/t17-/m0/s1. The summed E-state index contributed by atoms with van der Waals surface area (Å²) in [5.41, 5.74) is 0.0508. The molecule has 0 bridgehead atoms. The van der Waals surface area contributed by atoms with Crippen molar-refractivity contribution in [3.8, 4) is 0 Å². The molecule has 0 aliphatic carbocycles. The van der Waals surface area contributed by atoms with Gasteiger partial charge in [0.2, 0.25) is 0 Å². The summed E-state index contributed by atoms with van der Waals surface area (Å²) in [4.78, 5) is 28.9. The highest BCUT2D eigenvalue weighted by molar-refractivity contribution is 7.12. The smallest absolute Gasteiger partial charge is 0.332 e. The second-order valence-electron chi connectivity index (χ2n) is 7.23. The molecule has 32 heavy (non-hydrogen) atoms. The van der Waals surface area contributed by atoms with Crippen LogP contribution >= 0.6 is 22.7 Å². The molecule has 0 saturated carbocycles. The first-order chi connectivity index (χ1) is 15.2. The molecule has 1 atom stereocenters. The molecule has 2 amide bonds. The zero-order valence-corrected chi connectivity index (χ0v) is 18.5. The zero-order valence-electron chi connectivity index (χ0n) is 16.9. The Bertz CT molecular complexity index is 1120. The van der Waals surface area contributed by atoms with Crippen molar-refractivity contribution in [1.82, 2.24) is 9.91 Å². The summed E-state index contributed by atoms with van der Waals surface area (Å²) in [6.45, 7) is -0.247. The van der Waals surface area contributed by atoms with Gasteiger partial charge in [-0.25, -0.2) is 5.01 Å². The first-order valence-electron chi connectivity index (χ1n) is 9.63. The molecule has 5 nitrogen and oxygen atoms in total. The van der Waals surface area contributed by atoms with Crippen molar-refractivity contribution >= 4 is 40.2 Å². The van der Waals surface area contributed by atoms with Crippen LogP contribution in [0.5, 0.6) is 0 Å². The number of hydrogen-bond donors (Lipinski definition) is 0. The molecule has 2 aromatic heterocycles. The molecule has 0 spiro atoms. The number of amides is 2. The number of thiophene rings is 2. The van der Waals surface area contributed by atoms with Crippen molar-refractivity contribution in [2.45, 2.75) is 18.6 Å². The van der Waals surface area contributed by atoms with Gasteiger partial charge in [-0.1, -0.05) is 12.1 Å². The van der Waals surface area contributed by atoms with E-state index in [9.17, 15) is 22.8 Å². The van der Waals surface area contributed by atoms with Crippen LogP contribution in [0.15, 0.2) is 64.4 Å². The maximum atomic E-state index is 13.1. The fourth-order valence-corrected chi connectivity index (χ4v) is 4.94. The topological polar surface area (TPSA) is 53.0 Å². The van der Waals surface area contributed by atoms with E-state index >= 15 is 0 Å². The molecule has 166 valence electrons. The zero-order chi connectivity index (χ0) is 22.9. The second kappa shape index (κ2) is 8.87. The molecule has 3 aromatic rings. The quantitative estimate of drug-likeness (QED) is 0.502. The summed E-state index contributed by atoms with van der Waals surface area (Å²) in [6.07, 6.45) is -3.91. The van der Waals surface area contributed by atoms with Crippen molar-refractivity contribution in [2.24, 2.45) is 5.10 Å². The van der Waals surface area contributed by atoms with Gasteiger partial charge in [0.15, 0.2) is 0 Å². The fraction of sp³-hybridized carbons (Fsp3) is 0.227. The Balaban J connectivity index is 1.50. The second-order valence-corrected chi connectivity index (χ2v) is 9.16. The van der Waals surface area contributed by atoms with Gasteiger partial charge in [0.05, 0.1) is 22.2 Å². The van der Waals surface area contributed by atoms with Crippen LogP contribution in [-0.4, -0.2) is 41.0 Å². The van der Waals surface area contributed by atoms with E-state index in [1.165, 1.54) is 28.3 Å². The summed E-state index contributed by atoms with van der Waals surface area (Å²) in [7, 11) is 1.44. The average Bonchev–Trinajstić information content (AvgIpc) is 3.53. The van der Waals surface area contributed by atoms with Gasteiger partial charge < -0.3 is 4.90 Å². The number of rotatable bonds is 5. The van der Waals surface area contributed by atoms with Crippen molar-refractivity contribution in [2.75, 3.05) is 13.6 Å². The molecule has 0 unspecified atom stereocenters. The van der Waals surface area contributed by atoms with Crippen LogP contribution in [0.4, 0.5) is 13.2 Å². The number of carbonyl (C=O) groups is 2. The molecule has 1 aliphatic heterocycles. The maximum Gasteiger partial charge on any atom is 0.416 e. The number of hydrogen-bond acceptors (Lipinski definition) is 5. The fourth-order valence-electron chi connectivity index (χ4n) is 3.40. The van der Waals surface area contributed by atoms with Crippen LogP contribution < -0.4 is 0 Å². The van der Waals surface area contributed by atoms with E-state index in [0.717, 1.165) is 39.7 Å². The van der Waals surface area contributed by atoms with E-state index in [1.807, 2.05) is 35.0 Å². The molecule has 10 heteroatoms. The van der Waals surface area contributed by atoms with Crippen molar-refractivity contribution < 1.29 is 22.8 Å². The van der Waals surface area contributed by atoms with Crippen LogP contribution in [0.2, 0.25) is 0 Å². The molecular weight excluding hydrogens is 459 g/mol. The van der Waals surface area contributed by atoms with Crippen molar-refractivity contribution in [1.29, 1.82) is 0 Å². The Hall–Kier alpha value is -2.98. The highest BCUT2D eigenvalue weighted by Crippen LogP contribution is 2.36. The third kappa shape index (κ3) is 4.61. The Morgan fingerprint density at radius 3 is 2.38 bits per heavy atom. The number of likely N-dealkylation sites (N-methyl/N-ethyl adjacent to an activating group) is 1. The molecule has 3 heterocycles. The molecule has 0 radical (unpaired) electrons. The third-order valence-electron chi connectivity index (χ3n) is 5.02. The van der Waals surface area contributed by atoms with Gasteiger partial charge in [-0.15, -0.1) is 22.7 Å². The number of benzene rings is 1. The van der Waals surface area contributed by atoms with Crippen LogP contribution in [0.1, 0.15) is 38.1 Å². The summed E-state index contributed by atoms with van der Waals surface area (Å²) in [6, 6.07) is 11.4. The first-order valence-corrected chi connectivity index (χ1v) is 11.4. The Kier molecular flexibility index (Phi) is 6.16. The first kappa shape index (κ1) is 22.2. The average molecular weight is 478 g/mol. The lowest BCUT2D eigenvalue weighted by atomic mass is 10.1. The molecular formula is C22H18F3N3O2S2. The normalized spacial score (nSPS) is 16.2. The molecule has 0 N–H and O–H groups in total. The van der Waals surface area contributed by atoms with Gasteiger partial charge in [-0.3, -0.25) is 9.59 Å². The van der Waals surface area contributed by atoms with Gasteiger partial charge >= 0.3 is 6.18 Å². The van der Waals surface area contributed by atoms with E-state index < -0.39 is 17.6 Å². The largest absolute Gasteiger partial charge is 0.416 e. The third-order valence-corrected chi connectivity index (χ3v) is 6.91. The van der Waals surface area contributed by atoms with Crippen molar-refractivity contribution in [3.63, 3.8) is 0 Å². The Morgan fingerprint density at radius 2 is 1.78 bits per heavy atom. The van der Waals surface area contributed by atoms with Crippen LogP contribution in [-0.2, 0) is 11.0 Å². The number of alkyl halides is 3. The van der Waals surface area contributed by atoms with E-state index in [0.29, 0.717) is 6.42 Å². The summed E-state index contributed by atoms with van der Waals surface area (Å²) in [5, 5.41) is 9.84. The van der Waals surface area contributed by atoms with Gasteiger partial charge in [0.25, 0.3) is 11.8 Å². The number of hydrazone groups is 1. The Labute approximate surface area is 190 Å². The SMILES string of the molecule is CN(CC(=O)N1N=C(c2cccs2)C[C@H]1c1cccs1)C(=O)c1ccc(C(F)(F)F)cc1. The minimum Gasteiger partial charge on any atom is -0.332 e. The lowest BCUT2D eigenvalue weighted by Gasteiger charge is -2.24. The lowest BCUT2D eigenvalue weighted by molar-refractivity contribution is -0.137. The highest BCUT2D eigenvalue weighted by Gasteiger charge is 2.35. The van der Waals surface area contributed by atoms with Crippen LogP contribution in [0.3, 0.4) is 0 Å². The van der Waals surface area contributed by atoms with E-state index in [-0.39, 0.29) is 24.1 Å². The molecule has 1 aliphatic rings. The van der Waals surface area contributed by atoms with Crippen molar-refractivity contribution in [3.05, 3.63) is 80.2 Å². The number of halogens is 3. The number of carbonyl (C=O) groups excluding carboxylic acids is 2. The number of nitrogens with zero attached hydrogens (tertiary/aromatic N) is 3. The maximum absolute atomic E-state index is 13.1. The van der Waals surface area contributed by atoms with Gasteiger partial charge in [0.1, 0.15) is 6.54 Å². The molecule has 0 saturated heterocycles. The van der Waals surface area contributed by atoms with Gasteiger partial charge in [-0.05, 0) is 47.2 Å². The minimum atomic E-state index is -4.48. The lowest BCUT2D eigenvalue weighted by Crippen LogP contribution is -2.39. The highest BCUT2D eigenvalue weighted by atomic mass is 32.1. The van der Waals surface area contributed by atoms with E-state index in [1.54, 1.807) is 11.3 Å². The predicted octanol–water partition coefficient (Wildman–Crippen LogP) is 5.28. The summed E-state index contributed by atoms with van der Waals surface area (Å²) >= 11 is 3.07. The van der Waals surface area contributed by atoms with E-state index in [2.05, 4.69) is 5.10 Å². The van der Waals surface area contributed by atoms with Crippen LogP contribution in [0, 0.1) is 0 Å². The summed E-state index contributed by atoms with van der Waals surface area (Å²) in [5.74, 6) is -0.904. The van der Waals surface area contributed by atoms with Crippen LogP contribution in [0.25, 0.3) is 0 Å². The molecule has 1 aromatic carbocycles. The Morgan fingerprint density at radius 1 is 1.09 bits per heavy atom. The van der Waals surface area contributed by atoms with E-state index in [4.69, 9.17) is 0 Å². The predicted molar refractivity (Wildman–Crippen MR) is 118 cm³/mol. The molecule has 0 fully saturated rings. The van der Waals surface area contributed by atoms with Gasteiger partial charge in [0, 0.05) is 23.9 Å². The monoisotopic (exact) mass is 477 g/mol. The molecule has 4 rings (SSSR count). The summed E-state index contributed by atoms with van der Waals surface area (Å²) < 4.78 is 38.3.